The molecule has 3 aromatic rings. The van der Waals surface area contributed by atoms with E-state index in [-0.39, 0.29) is 23.6 Å². The molecule has 10 nitrogen and oxygen atoms in total. The van der Waals surface area contributed by atoms with Crippen molar-refractivity contribution in [2.45, 2.75) is 6.42 Å². The van der Waals surface area contributed by atoms with Gasteiger partial charge in [0.25, 0.3) is 5.91 Å². The summed E-state index contributed by atoms with van der Waals surface area (Å²) in [5.41, 5.74) is 0.268. The summed E-state index contributed by atoms with van der Waals surface area (Å²) in [7, 11) is 0. The molecule has 122 valence electrons. The van der Waals surface area contributed by atoms with E-state index in [1.165, 1.54) is 0 Å². The molecule has 0 aliphatic carbocycles. The van der Waals surface area contributed by atoms with E-state index in [1.807, 2.05) is 12.1 Å². The van der Waals surface area contributed by atoms with Crippen molar-refractivity contribution < 1.29 is 4.79 Å². The molecule has 0 saturated carbocycles. The maximum Gasteiger partial charge on any atom is 0.348 e. The van der Waals surface area contributed by atoms with Crippen molar-refractivity contribution in [3.05, 3.63) is 57.9 Å². The Hall–Kier alpha value is -4.18. The van der Waals surface area contributed by atoms with E-state index in [2.05, 4.69) is 25.6 Å². The molecule has 0 saturated heterocycles. The topological polar surface area (TPSA) is 156 Å². The van der Waals surface area contributed by atoms with Gasteiger partial charge in [0.05, 0.1) is 23.9 Å². The van der Waals surface area contributed by atoms with Crippen LogP contribution in [0.5, 0.6) is 0 Å². The molecular weight excluding hydrogens is 324 g/mol. The van der Waals surface area contributed by atoms with Crippen molar-refractivity contribution in [1.82, 2.24) is 25.0 Å². The van der Waals surface area contributed by atoms with E-state index in [4.69, 9.17) is 10.5 Å². The van der Waals surface area contributed by atoms with E-state index < -0.39 is 11.6 Å². The van der Waals surface area contributed by atoms with E-state index in [9.17, 15) is 9.59 Å². The Labute approximate surface area is 140 Å². The van der Waals surface area contributed by atoms with Crippen molar-refractivity contribution in [3.63, 3.8) is 0 Å². The van der Waals surface area contributed by atoms with Gasteiger partial charge in [-0.2, -0.15) is 20.3 Å². The molecule has 25 heavy (non-hydrogen) atoms. The summed E-state index contributed by atoms with van der Waals surface area (Å²) < 4.78 is 1.05. The summed E-state index contributed by atoms with van der Waals surface area (Å²) >= 11 is 0. The van der Waals surface area contributed by atoms with Crippen LogP contribution in [-0.4, -0.2) is 30.9 Å². The van der Waals surface area contributed by atoms with Crippen LogP contribution in [0.2, 0.25) is 0 Å². The molecule has 10 heteroatoms. The first kappa shape index (κ1) is 15.7. The molecule has 2 aromatic heterocycles. The second kappa shape index (κ2) is 6.52. The van der Waals surface area contributed by atoms with Crippen molar-refractivity contribution in [1.29, 1.82) is 10.5 Å². The van der Waals surface area contributed by atoms with Crippen molar-refractivity contribution >= 4 is 11.7 Å². The normalized spacial score (nSPS) is 10.0. The van der Waals surface area contributed by atoms with Gasteiger partial charge in [-0.15, -0.1) is 5.10 Å². The number of nitriles is 2. The Bertz CT molecular complexity index is 1060. The minimum Gasteiger partial charge on any atom is -0.301 e. The van der Waals surface area contributed by atoms with Gasteiger partial charge in [0.15, 0.2) is 5.82 Å². The number of rotatable bonds is 4. The van der Waals surface area contributed by atoms with Crippen LogP contribution in [0.3, 0.4) is 0 Å². The van der Waals surface area contributed by atoms with Crippen LogP contribution in [0.15, 0.2) is 35.1 Å². The quantitative estimate of drug-likeness (QED) is 0.629. The summed E-state index contributed by atoms with van der Waals surface area (Å²) in [5.74, 6) is -1.01. The molecule has 1 amide bonds. The number of carbonyl (C=O) groups is 1. The number of nitrogens with one attached hydrogen (secondary N) is 3. The predicted molar refractivity (Wildman–Crippen MR) is 84.8 cm³/mol. The number of amides is 1. The number of anilines is 1. The first-order valence-electron chi connectivity index (χ1n) is 7.04. The fraction of sp³-hybridized carbons (Fsp3) is 0.0667. The number of H-pyrrole nitrogens is 2. The zero-order valence-electron chi connectivity index (χ0n) is 12.6. The molecule has 0 radical (unpaired) electrons. The van der Waals surface area contributed by atoms with Crippen LogP contribution in [0.1, 0.15) is 21.9 Å². The first-order chi connectivity index (χ1) is 12.1. The number of hydrogen-bond acceptors (Lipinski definition) is 6. The third-order valence-electron chi connectivity index (χ3n) is 3.27. The molecular formula is C15H10N8O2. The van der Waals surface area contributed by atoms with E-state index in [0.717, 1.165) is 4.68 Å². The van der Waals surface area contributed by atoms with Gasteiger partial charge in [0.2, 0.25) is 5.82 Å². The average molecular weight is 334 g/mol. The number of nitrogens with zero attached hydrogens (tertiary/aromatic N) is 5. The van der Waals surface area contributed by atoms with E-state index in [1.54, 1.807) is 30.3 Å². The van der Waals surface area contributed by atoms with Crippen LogP contribution >= 0.6 is 0 Å². The van der Waals surface area contributed by atoms with Crippen LogP contribution in [0.4, 0.5) is 5.82 Å². The van der Waals surface area contributed by atoms with Crippen LogP contribution < -0.4 is 11.0 Å². The molecule has 0 unspecified atom stereocenters. The fourth-order valence-electron chi connectivity index (χ4n) is 2.13. The van der Waals surface area contributed by atoms with E-state index >= 15 is 0 Å². The lowest BCUT2D eigenvalue weighted by molar-refractivity contribution is 0.101. The SMILES string of the molecule is N#CCc1[nH]nc(NC(=O)c2nn(-c3ccccc3)c(=O)[nH]2)c1C#N. The number of carbonyl (C=O) groups excluding carboxylic acids is 1. The maximum atomic E-state index is 12.3. The number of hydrogen-bond donors (Lipinski definition) is 3. The zero-order valence-corrected chi connectivity index (χ0v) is 12.6. The average Bonchev–Trinajstić information content (AvgIpc) is 3.19. The van der Waals surface area contributed by atoms with E-state index in [0.29, 0.717) is 11.4 Å². The molecule has 3 rings (SSSR count). The summed E-state index contributed by atoms with van der Waals surface area (Å²) in [4.78, 5) is 26.6. The summed E-state index contributed by atoms with van der Waals surface area (Å²) in [5, 5.41) is 30.5. The van der Waals surface area contributed by atoms with Crippen LogP contribution in [0.25, 0.3) is 5.69 Å². The van der Waals surface area contributed by atoms with Crippen LogP contribution in [0, 0.1) is 22.7 Å². The minimum absolute atomic E-state index is 0.0344. The number of aromatic amines is 2. The monoisotopic (exact) mass is 334 g/mol. The molecule has 0 spiro atoms. The van der Waals surface area contributed by atoms with Gasteiger partial charge in [0, 0.05) is 0 Å². The Morgan fingerprint density at radius 1 is 1.28 bits per heavy atom. The lowest BCUT2D eigenvalue weighted by Crippen LogP contribution is -2.16. The fourth-order valence-corrected chi connectivity index (χ4v) is 2.13. The number of para-hydroxylation sites is 1. The van der Waals surface area contributed by atoms with Gasteiger partial charge in [-0.05, 0) is 12.1 Å². The van der Waals surface area contributed by atoms with Gasteiger partial charge >= 0.3 is 5.69 Å². The van der Waals surface area contributed by atoms with Crippen molar-refractivity contribution in [2.75, 3.05) is 5.32 Å². The maximum absolute atomic E-state index is 12.3. The molecule has 0 aliphatic heterocycles. The molecule has 0 aliphatic rings. The van der Waals surface area contributed by atoms with Crippen LogP contribution in [-0.2, 0) is 6.42 Å². The van der Waals surface area contributed by atoms with Gasteiger partial charge in [0.1, 0.15) is 11.6 Å². The lowest BCUT2D eigenvalue weighted by atomic mass is 10.2. The van der Waals surface area contributed by atoms with Gasteiger partial charge in [-0.25, -0.2) is 4.79 Å². The van der Waals surface area contributed by atoms with Gasteiger partial charge in [-0.3, -0.25) is 14.9 Å². The number of benzene rings is 1. The summed E-state index contributed by atoms with van der Waals surface area (Å²) in [6, 6.07) is 12.3. The Morgan fingerprint density at radius 3 is 2.72 bits per heavy atom. The third-order valence-corrected chi connectivity index (χ3v) is 3.27. The highest BCUT2D eigenvalue weighted by atomic mass is 16.2. The third kappa shape index (κ3) is 3.00. The minimum atomic E-state index is -0.738. The zero-order chi connectivity index (χ0) is 17.8. The lowest BCUT2D eigenvalue weighted by Gasteiger charge is -1.99. The second-order valence-electron chi connectivity index (χ2n) is 4.85. The van der Waals surface area contributed by atoms with Crippen molar-refractivity contribution in [2.24, 2.45) is 0 Å². The first-order valence-corrected chi connectivity index (χ1v) is 7.04. The Balaban J connectivity index is 1.88. The molecule has 0 fully saturated rings. The standard InChI is InChI=1S/C15H10N8O2/c16-7-6-11-10(8-17)12(21-20-11)18-14(24)13-19-15(25)23(22-13)9-4-2-1-3-5-9/h1-5H,6H2,(H,19,22,25)(H2,18,20,21,24). The molecule has 2 heterocycles. The highest BCUT2D eigenvalue weighted by Crippen LogP contribution is 2.16. The summed E-state index contributed by atoms with van der Waals surface area (Å²) in [6.07, 6.45) is -0.0504. The summed E-state index contributed by atoms with van der Waals surface area (Å²) in [6.45, 7) is 0. The Kier molecular flexibility index (Phi) is 4.09. The second-order valence-corrected chi connectivity index (χ2v) is 4.85. The number of aromatic nitrogens is 5. The Morgan fingerprint density at radius 2 is 2.04 bits per heavy atom. The van der Waals surface area contributed by atoms with Gasteiger partial charge in [-0.1, -0.05) is 18.2 Å². The molecule has 1 aromatic carbocycles. The van der Waals surface area contributed by atoms with Gasteiger partial charge < -0.3 is 5.32 Å². The largest absolute Gasteiger partial charge is 0.348 e. The molecule has 0 atom stereocenters. The predicted octanol–water partition coefficient (Wildman–Crippen LogP) is 0.474. The molecule has 0 bridgehead atoms. The van der Waals surface area contributed by atoms with Crippen molar-refractivity contribution in [3.8, 4) is 17.8 Å². The molecule has 3 N–H and O–H groups in total. The highest BCUT2D eigenvalue weighted by molar-refractivity contribution is 6.01. The highest BCUT2D eigenvalue weighted by Gasteiger charge is 2.19. The smallest absolute Gasteiger partial charge is 0.301 e.